The van der Waals surface area contributed by atoms with Crippen LogP contribution in [0, 0.1) is 23.3 Å². The van der Waals surface area contributed by atoms with Gasteiger partial charge in [0.15, 0.2) is 11.6 Å². The van der Waals surface area contributed by atoms with E-state index in [-0.39, 0.29) is 11.3 Å². The first kappa shape index (κ1) is 14.3. The van der Waals surface area contributed by atoms with Crippen LogP contribution in [0.2, 0.25) is 0 Å². The maximum Gasteiger partial charge on any atom is 0.171 e. The molecule has 0 heterocycles. The van der Waals surface area contributed by atoms with Crippen LogP contribution < -0.4 is 4.74 Å². The van der Waals surface area contributed by atoms with E-state index in [9.17, 15) is 22.7 Å². The van der Waals surface area contributed by atoms with Gasteiger partial charge in [0.2, 0.25) is 0 Å². The summed E-state index contributed by atoms with van der Waals surface area (Å²) in [6, 6.07) is 4.65. The standard InChI is InChI=1S/C14H10F4O2/c1-20-11-4-2-3-8(13(11)18)14(19)12-9(16)5-7(15)6-10(12)17/h2-6,14,19H,1H3. The van der Waals surface area contributed by atoms with Gasteiger partial charge in [0.25, 0.3) is 0 Å². The summed E-state index contributed by atoms with van der Waals surface area (Å²) in [6.07, 6.45) is -1.91. The Labute approximate surface area is 112 Å². The first-order chi connectivity index (χ1) is 9.45. The molecule has 0 fully saturated rings. The summed E-state index contributed by atoms with van der Waals surface area (Å²) in [5.41, 5.74) is -1.19. The van der Waals surface area contributed by atoms with E-state index >= 15 is 0 Å². The highest BCUT2D eigenvalue weighted by Crippen LogP contribution is 2.32. The van der Waals surface area contributed by atoms with Crippen molar-refractivity contribution in [2.24, 2.45) is 0 Å². The molecule has 2 aromatic rings. The van der Waals surface area contributed by atoms with Crippen LogP contribution >= 0.6 is 0 Å². The molecular weight excluding hydrogens is 276 g/mol. The minimum atomic E-state index is -1.91. The SMILES string of the molecule is COc1cccc(C(O)c2c(F)cc(F)cc2F)c1F. The summed E-state index contributed by atoms with van der Waals surface area (Å²) >= 11 is 0. The third-order valence-corrected chi connectivity index (χ3v) is 2.82. The molecule has 0 aliphatic heterocycles. The molecule has 0 spiro atoms. The van der Waals surface area contributed by atoms with Gasteiger partial charge in [-0.25, -0.2) is 17.6 Å². The monoisotopic (exact) mass is 286 g/mol. The van der Waals surface area contributed by atoms with E-state index in [1.54, 1.807) is 0 Å². The molecule has 0 bridgehead atoms. The highest BCUT2D eigenvalue weighted by molar-refractivity contribution is 5.38. The van der Waals surface area contributed by atoms with Gasteiger partial charge in [0.05, 0.1) is 12.7 Å². The van der Waals surface area contributed by atoms with Gasteiger partial charge in [-0.1, -0.05) is 12.1 Å². The molecule has 0 radical (unpaired) electrons. The summed E-state index contributed by atoms with van der Waals surface area (Å²) in [4.78, 5) is 0. The van der Waals surface area contributed by atoms with E-state index in [1.807, 2.05) is 0 Å². The molecule has 0 aromatic heterocycles. The van der Waals surface area contributed by atoms with E-state index in [4.69, 9.17) is 4.74 Å². The predicted octanol–water partition coefficient (Wildman–Crippen LogP) is 3.33. The van der Waals surface area contributed by atoms with Crippen LogP contribution in [0.25, 0.3) is 0 Å². The van der Waals surface area contributed by atoms with Gasteiger partial charge in [-0.15, -0.1) is 0 Å². The minimum absolute atomic E-state index is 0.176. The Bertz CT molecular complexity index is 620. The molecule has 6 heteroatoms. The van der Waals surface area contributed by atoms with Crippen molar-refractivity contribution in [3.8, 4) is 5.75 Å². The van der Waals surface area contributed by atoms with Crippen molar-refractivity contribution < 1.29 is 27.4 Å². The smallest absolute Gasteiger partial charge is 0.171 e. The van der Waals surface area contributed by atoms with Crippen molar-refractivity contribution in [1.82, 2.24) is 0 Å². The molecule has 20 heavy (non-hydrogen) atoms. The predicted molar refractivity (Wildman–Crippen MR) is 63.3 cm³/mol. The molecular formula is C14H10F4O2. The number of rotatable bonds is 3. The summed E-state index contributed by atoms with van der Waals surface area (Å²) in [7, 11) is 1.22. The summed E-state index contributed by atoms with van der Waals surface area (Å²) in [5.74, 6) is -4.83. The Balaban J connectivity index is 2.55. The Kier molecular flexibility index (Phi) is 3.94. The highest BCUT2D eigenvalue weighted by atomic mass is 19.1. The van der Waals surface area contributed by atoms with Crippen molar-refractivity contribution in [1.29, 1.82) is 0 Å². The number of ether oxygens (including phenoxy) is 1. The van der Waals surface area contributed by atoms with Gasteiger partial charge < -0.3 is 9.84 Å². The molecule has 2 aromatic carbocycles. The lowest BCUT2D eigenvalue weighted by Gasteiger charge is -2.15. The number of hydrogen-bond acceptors (Lipinski definition) is 2. The molecule has 1 N–H and O–H groups in total. The van der Waals surface area contributed by atoms with Gasteiger partial charge in [-0.2, -0.15) is 0 Å². The Morgan fingerprint density at radius 1 is 1.05 bits per heavy atom. The van der Waals surface area contributed by atoms with E-state index in [2.05, 4.69) is 0 Å². The lowest BCUT2D eigenvalue weighted by atomic mass is 9.99. The first-order valence-electron chi connectivity index (χ1n) is 5.60. The van der Waals surface area contributed by atoms with Crippen molar-refractivity contribution >= 4 is 0 Å². The molecule has 106 valence electrons. The van der Waals surface area contributed by atoms with Crippen LogP contribution in [-0.4, -0.2) is 12.2 Å². The second kappa shape index (κ2) is 5.50. The number of aliphatic hydroxyl groups excluding tert-OH is 1. The summed E-state index contributed by atoms with van der Waals surface area (Å²) < 4.78 is 58.6. The van der Waals surface area contributed by atoms with Gasteiger partial charge >= 0.3 is 0 Å². The number of methoxy groups -OCH3 is 1. The van der Waals surface area contributed by atoms with Crippen LogP contribution in [-0.2, 0) is 0 Å². The number of benzene rings is 2. The molecule has 2 rings (SSSR count). The van der Waals surface area contributed by atoms with E-state index in [0.717, 1.165) is 6.07 Å². The molecule has 0 aliphatic rings. The molecule has 0 aliphatic carbocycles. The van der Waals surface area contributed by atoms with Gasteiger partial charge in [0.1, 0.15) is 23.6 Å². The van der Waals surface area contributed by atoms with E-state index in [1.165, 1.54) is 19.2 Å². The maximum atomic E-state index is 13.9. The molecule has 1 atom stereocenters. The average molecular weight is 286 g/mol. The second-order valence-corrected chi connectivity index (χ2v) is 4.05. The van der Waals surface area contributed by atoms with E-state index in [0.29, 0.717) is 12.1 Å². The van der Waals surface area contributed by atoms with Crippen LogP contribution in [0.1, 0.15) is 17.2 Å². The minimum Gasteiger partial charge on any atom is -0.494 e. The zero-order valence-corrected chi connectivity index (χ0v) is 10.3. The van der Waals surface area contributed by atoms with Gasteiger partial charge in [0, 0.05) is 17.7 Å². The fraction of sp³-hybridized carbons (Fsp3) is 0.143. The molecule has 0 amide bonds. The van der Waals surface area contributed by atoms with Gasteiger partial charge in [-0.3, -0.25) is 0 Å². The van der Waals surface area contributed by atoms with E-state index < -0.39 is 34.9 Å². The Hall–Kier alpha value is -2.08. The van der Waals surface area contributed by atoms with Gasteiger partial charge in [-0.05, 0) is 6.07 Å². The van der Waals surface area contributed by atoms with Crippen molar-refractivity contribution in [2.45, 2.75) is 6.10 Å². The number of hydrogen-bond donors (Lipinski definition) is 1. The average Bonchev–Trinajstić information content (AvgIpc) is 2.37. The summed E-state index contributed by atoms with van der Waals surface area (Å²) in [5, 5.41) is 9.95. The third-order valence-electron chi connectivity index (χ3n) is 2.82. The zero-order valence-electron chi connectivity index (χ0n) is 10.3. The number of aliphatic hydroxyl groups is 1. The molecule has 2 nitrogen and oxygen atoms in total. The molecule has 1 unspecified atom stereocenters. The Morgan fingerprint density at radius 3 is 2.20 bits per heavy atom. The fourth-order valence-corrected chi connectivity index (χ4v) is 1.87. The van der Waals surface area contributed by atoms with Crippen LogP contribution in [0.15, 0.2) is 30.3 Å². The maximum absolute atomic E-state index is 13.9. The summed E-state index contributed by atoms with van der Waals surface area (Å²) in [6.45, 7) is 0. The van der Waals surface area contributed by atoms with Crippen molar-refractivity contribution in [3.05, 3.63) is 64.7 Å². The van der Waals surface area contributed by atoms with Crippen molar-refractivity contribution in [3.63, 3.8) is 0 Å². The largest absolute Gasteiger partial charge is 0.494 e. The fourth-order valence-electron chi connectivity index (χ4n) is 1.87. The first-order valence-corrected chi connectivity index (χ1v) is 5.60. The molecule has 0 saturated carbocycles. The topological polar surface area (TPSA) is 29.5 Å². The quantitative estimate of drug-likeness (QED) is 0.877. The number of halogens is 4. The normalized spacial score (nSPS) is 12.3. The van der Waals surface area contributed by atoms with Crippen LogP contribution in [0.4, 0.5) is 17.6 Å². The van der Waals surface area contributed by atoms with Crippen molar-refractivity contribution in [2.75, 3.05) is 7.11 Å². The third kappa shape index (κ3) is 2.46. The Morgan fingerprint density at radius 2 is 1.65 bits per heavy atom. The second-order valence-electron chi connectivity index (χ2n) is 4.05. The lowest BCUT2D eigenvalue weighted by molar-refractivity contribution is 0.202. The molecule has 0 saturated heterocycles. The highest BCUT2D eigenvalue weighted by Gasteiger charge is 2.24. The van der Waals surface area contributed by atoms with Crippen LogP contribution in [0.3, 0.4) is 0 Å². The zero-order chi connectivity index (χ0) is 14.9. The van der Waals surface area contributed by atoms with Crippen LogP contribution in [0.5, 0.6) is 5.75 Å². The lowest BCUT2D eigenvalue weighted by Crippen LogP contribution is -2.09.